The molecule has 1 aromatic carbocycles. The highest BCUT2D eigenvalue weighted by Crippen LogP contribution is 2.74. The molecular formula is C20H34O7P2. The van der Waals surface area contributed by atoms with Crippen LogP contribution in [0.4, 0.5) is 0 Å². The first-order valence-corrected chi connectivity index (χ1v) is 12.9. The first-order chi connectivity index (χ1) is 13.5. The molecule has 0 fully saturated rings. The van der Waals surface area contributed by atoms with E-state index in [-0.39, 0.29) is 42.6 Å². The van der Waals surface area contributed by atoms with Crippen LogP contribution in [0.2, 0.25) is 0 Å². The molecule has 29 heavy (non-hydrogen) atoms. The Kier molecular flexibility index (Phi) is 9.81. The van der Waals surface area contributed by atoms with Crippen molar-refractivity contribution in [3.05, 3.63) is 34.4 Å². The van der Waals surface area contributed by atoms with Crippen molar-refractivity contribution in [1.29, 1.82) is 0 Å². The normalized spacial score (nSPS) is 12.8. The van der Waals surface area contributed by atoms with Crippen LogP contribution in [0.15, 0.2) is 23.3 Å². The monoisotopic (exact) mass is 448 g/mol. The first kappa shape index (κ1) is 26.1. The second-order valence-corrected chi connectivity index (χ2v) is 11.5. The van der Waals surface area contributed by atoms with Gasteiger partial charge in [0.05, 0.1) is 26.4 Å². The summed E-state index contributed by atoms with van der Waals surface area (Å²) in [5.74, 6) is 0.145. The van der Waals surface area contributed by atoms with Gasteiger partial charge in [0, 0.05) is 0 Å². The Labute approximate surface area is 174 Å². The molecule has 0 aliphatic carbocycles. The van der Waals surface area contributed by atoms with E-state index >= 15 is 0 Å². The lowest BCUT2D eigenvalue weighted by Gasteiger charge is -2.26. The highest BCUT2D eigenvalue weighted by Gasteiger charge is 2.45. The second-order valence-electron chi connectivity index (χ2n) is 7.20. The van der Waals surface area contributed by atoms with E-state index in [9.17, 15) is 14.2 Å². The van der Waals surface area contributed by atoms with E-state index in [2.05, 4.69) is 0 Å². The molecule has 1 aromatic rings. The summed E-state index contributed by atoms with van der Waals surface area (Å²) in [6.07, 6.45) is 1.47. The third-order valence-corrected chi connectivity index (χ3v) is 9.12. The topological polar surface area (TPSA) is 91.3 Å². The fourth-order valence-corrected chi connectivity index (χ4v) is 7.27. The van der Waals surface area contributed by atoms with Gasteiger partial charge in [0.25, 0.3) is 0 Å². The highest BCUT2D eigenvalue weighted by atomic mass is 31.2. The van der Waals surface area contributed by atoms with Gasteiger partial charge in [0.2, 0.25) is 0 Å². The molecule has 0 aromatic heterocycles. The van der Waals surface area contributed by atoms with Gasteiger partial charge < -0.3 is 23.2 Å². The van der Waals surface area contributed by atoms with Crippen LogP contribution in [-0.2, 0) is 32.6 Å². The fourth-order valence-electron chi connectivity index (χ4n) is 2.72. The van der Waals surface area contributed by atoms with E-state index < -0.39 is 15.2 Å². The van der Waals surface area contributed by atoms with Crippen molar-refractivity contribution >= 4 is 21.3 Å². The first-order valence-electron chi connectivity index (χ1n) is 9.81. The molecule has 9 heteroatoms. The van der Waals surface area contributed by atoms with Gasteiger partial charge in [-0.1, -0.05) is 26.8 Å². The van der Waals surface area contributed by atoms with E-state index in [0.29, 0.717) is 11.1 Å². The summed E-state index contributed by atoms with van der Waals surface area (Å²) in [4.78, 5) is 0. The zero-order valence-electron chi connectivity index (χ0n) is 18.4. The van der Waals surface area contributed by atoms with Gasteiger partial charge in [-0.25, -0.2) is 0 Å². The lowest BCUT2D eigenvalue weighted by Crippen LogP contribution is -2.11. The number of aromatic hydroxyl groups is 1. The van der Waals surface area contributed by atoms with Crippen molar-refractivity contribution in [3.63, 3.8) is 0 Å². The minimum atomic E-state index is -3.96. The molecule has 0 heterocycles. The standard InChI is InChI=1S/C20H34O7P2/c1-8-24-28(22,25-9-2)19(29(23,26-10-3)27-11-4)15-16-12-13-18(21)17(14-16)20(5,6)7/h12-15,21H,8-11H2,1-7H3. The van der Waals surface area contributed by atoms with Crippen LogP contribution < -0.4 is 0 Å². The van der Waals surface area contributed by atoms with Gasteiger partial charge in [-0.05, 0) is 62.4 Å². The molecule has 0 saturated heterocycles. The molecule has 0 aliphatic rings. The number of hydrogen-bond acceptors (Lipinski definition) is 7. The van der Waals surface area contributed by atoms with E-state index in [4.69, 9.17) is 18.1 Å². The van der Waals surface area contributed by atoms with Gasteiger partial charge >= 0.3 is 15.2 Å². The van der Waals surface area contributed by atoms with Gasteiger partial charge in [0.15, 0.2) is 5.06 Å². The second kappa shape index (κ2) is 10.9. The highest BCUT2D eigenvalue weighted by molar-refractivity contribution is 7.79. The summed E-state index contributed by atoms with van der Waals surface area (Å²) in [5, 5.41) is 10.1. The third-order valence-electron chi connectivity index (χ3n) is 3.88. The zero-order valence-corrected chi connectivity index (χ0v) is 20.2. The van der Waals surface area contributed by atoms with Crippen molar-refractivity contribution in [3.8, 4) is 5.75 Å². The number of rotatable bonds is 11. The smallest absolute Gasteiger partial charge is 0.369 e. The van der Waals surface area contributed by atoms with E-state index in [1.54, 1.807) is 45.9 Å². The van der Waals surface area contributed by atoms with Gasteiger partial charge in [-0.15, -0.1) is 0 Å². The maximum absolute atomic E-state index is 13.6. The van der Waals surface area contributed by atoms with Gasteiger partial charge in [0.1, 0.15) is 5.75 Å². The average Bonchev–Trinajstić information content (AvgIpc) is 2.60. The van der Waals surface area contributed by atoms with Crippen molar-refractivity contribution in [2.75, 3.05) is 26.4 Å². The molecule has 1 rings (SSSR count). The predicted molar refractivity (Wildman–Crippen MR) is 117 cm³/mol. The predicted octanol–water partition coefficient (Wildman–Crippen LogP) is 6.52. The van der Waals surface area contributed by atoms with Crippen LogP contribution in [0.1, 0.15) is 59.6 Å². The number of phenolic OH excluding ortho intramolecular Hbond substituents is 1. The molecule has 0 spiro atoms. The Bertz CT molecular complexity index is 745. The number of phenols is 1. The summed E-state index contributed by atoms with van der Waals surface area (Å²) in [6, 6.07) is 4.93. The van der Waals surface area contributed by atoms with Crippen LogP contribution in [0.3, 0.4) is 0 Å². The van der Waals surface area contributed by atoms with Crippen LogP contribution in [0.5, 0.6) is 5.75 Å². The largest absolute Gasteiger partial charge is 0.508 e. The van der Waals surface area contributed by atoms with Crippen LogP contribution in [0, 0.1) is 0 Å². The van der Waals surface area contributed by atoms with Crippen molar-refractivity contribution in [2.45, 2.75) is 53.9 Å². The molecule has 0 unspecified atom stereocenters. The van der Waals surface area contributed by atoms with Crippen LogP contribution in [0.25, 0.3) is 6.08 Å². The van der Waals surface area contributed by atoms with E-state index in [0.717, 1.165) is 0 Å². The summed E-state index contributed by atoms with van der Waals surface area (Å²) in [6.45, 7) is 13.0. The SMILES string of the molecule is CCOP(=O)(OCC)C(=Cc1ccc(O)c(C(C)(C)C)c1)P(=O)(OCC)OCC. The molecule has 0 bridgehead atoms. The summed E-state index contributed by atoms with van der Waals surface area (Å²) in [5.41, 5.74) is 0.930. The van der Waals surface area contributed by atoms with Crippen LogP contribution >= 0.6 is 15.2 Å². The number of benzene rings is 1. The molecular weight excluding hydrogens is 414 g/mol. The molecule has 166 valence electrons. The summed E-state index contributed by atoms with van der Waals surface area (Å²) < 4.78 is 48.9. The average molecular weight is 448 g/mol. The zero-order chi connectivity index (χ0) is 22.3. The number of hydrogen-bond donors (Lipinski definition) is 1. The van der Waals surface area contributed by atoms with Gasteiger partial charge in [-0.2, -0.15) is 0 Å². The maximum Gasteiger partial charge on any atom is 0.369 e. The van der Waals surface area contributed by atoms with Gasteiger partial charge in [-0.3, -0.25) is 9.13 Å². The summed E-state index contributed by atoms with van der Waals surface area (Å²) >= 11 is 0. The Balaban J connectivity index is 3.76. The quantitative estimate of drug-likeness (QED) is 0.385. The van der Waals surface area contributed by atoms with E-state index in [1.807, 2.05) is 20.8 Å². The maximum atomic E-state index is 13.6. The molecule has 0 saturated carbocycles. The Morgan fingerprint density at radius 1 is 0.897 bits per heavy atom. The van der Waals surface area contributed by atoms with Crippen molar-refractivity contribution in [2.24, 2.45) is 0 Å². The minimum absolute atomic E-state index is 0.0929. The molecule has 0 atom stereocenters. The fraction of sp³-hybridized carbons (Fsp3) is 0.600. The molecule has 0 amide bonds. The van der Waals surface area contributed by atoms with Crippen LogP contribution in [-0.4, -0.2) is 31.5 Å². The molecule has 7 nitrogen and oxygen atoms in total. The lowest BCUT2D eigenvalue weighted by atomic mass is 9.85. The minimum Gasteiger partial charge on any atom is -0.508 e. The molecule has 0 aliphatic heterocycles. The van der Waals surface area contributed by atoms with Crippen molar-refractivity contribution < 1.29 is 32.3 Å². The summed E-state index contributed by atoms with van der Waals surface area (Å²) in [7, 11) is -7.92. The van der Waals surface area contributed by atoms with E-state index in [1.165, 1.54) is 6.08 Å². The Hall–Kier alpha value is -0.940. The Morgan fingerprint density at radius 2 is 1.31 bits per heavy atom. The lowest BCUT2D eigenvalue weighted by molar-refractivity contribution is 0.214. The Morgan fingerprint density at radius 3 is 1.66 bits per heavy atom. The third kappa shape index (κ3) is 6.78. The van der Waals surface area contributed by atoms with Crippen molar-refractivity contribution in [1.82, 2.24) is 0 Å². The molecule has 1 N–H and O–H groups in total. The molecule has 0 radical (unpaired) electrons.